The number of nitrogens with one attached hydrogen (secondary N) is 2. The van der Waals surface area contributed by atoms with Gasteiger partial charge in [-0.25, -0.2) is 0 Å². The summed E-state index contributed by atoms with van der Waals surface area (Å²) in [6, 6.07) is 6.18. The lowest BCUT2D eigenvalue weighted by molar-refractivity contribution is -0.150. The van der Waals surface area contributed by atoms with Gasteiger partial charge < -0.3 is 30.3 Å². The third-order valence-electron chi connectivity index (χ3n) is 9.50. The minimum Gasteiger partial charge on any atom is -0.394 e. The summed E-state index contributed by atoms with van der Waals surface area (Å²) in [5, 5.41) is 16.2. The molecule has 38 heavy (non-hydrogen) atoms. The van der Waals surface area contributed by atoms with Crippen molar-refractivity contribution >= 4 is 29.1 Å². The minimum atomic E-state index is -1.11. The van der Waals surface area contributed by atoms with Gasteiger partial charge in [-0.3, -0.25) is 14.4 Å². The zero-order valence-corrected chi connectivity index (χ0v) is 23.6. The Morgan fingerprint density at radius 1 is 1.13 bits per heavy atom. The molecule has 9 nitrogen and oxygen atoms in total. The SMILES string of the molecule is CC[C@H](C)[C@H](CO)N1C(=O)[C@@H]2[C@@H](C(=O)NC)[C@@]3(CC)CCC2(O3)C1C(=O)Nc1ccc(N(CC)CC)cc1. The maximum absolute atomic E-state index is 14.2. The number of ether oxygens (including phenoxy) is 1. The molecule has 3 N–H and O–H groups in total. The van der Waals surface area contributed by atoms with E-state index in [0.717, 1.165) is 25.2 Å². The van der Waals surface area contributed by atoms with Crippen molar-refractivity contribution in [1.82, 2.24) is 10.2 Å². The highest BCUT2D eigenvalue weighted by Crippen LogP contribution is 2.64. The molecule has 3 heterocycles. The molecule has 3 aliphatic heterocycles. The Bertz CT molecular complexity index is 1040. The number of amides is 3. The standard InChI is InChI=1S/C29H44N4O5/c1-7-18(5)21(17-34)33-24(26(36)31-19-11-13-20(14-12-19)32(9-3)10-4)29-16-15-28(8-2,38-29)22(25(35)30-6)23(29)27(33)37/h11-14,18,21-24,34H,7-10,15-17H2,1-6H3,(H,30,35)(H,31,36)/t18-,21-,22-,23-,24?,28+,29?/m0/s1. The molecular weight excluding hydrogens is 484 g/mol. The number of fused-ring (bicyclic) bond motifs is 1. The highest BCUT2D eigenvalue weighted by molar-refractivity contribution is 6.04. The van der Waals surface area contributed by atoms with Gasteiger partial charge in [0.15, 0.2) is 0 Å². The molecule has 2 unspecified atom stereocenters. The number of hydrogen-bond acceptors (Lipinski definition) is 6. The van der Waals surface area contributed by atoms with Crippen LogP contribution in [0.1, 0.15) is 60.3 Å². The predicted octanol–water partition coefficient (Wildman–Crippen LogP) is 2.78. The van der Waals surface area contributed by atoms with Gasteiger partial charge in [0.1, 0.15) is 11.6 Å². The fourth-order valence-corrected chi connectivity index (χ4v) is 7.24. The van der Waals surface area contributed by atoms with Crippen LogP contribution >= 0.6 is 0 Å². The average molecular weight is 529 g/mol. The van der Waals surface area contributed by atoms with Crippen molar-refractivity contribution in [2.24, 2.45) is 17.8 Å². The van der Waals surface area contributed by atoms with E-state index >= 15 is 0 Å². The predicted molar refractivity (Wildman–Crippen MR) is 147 cm³/mol. The summed E-state index contributed by atoms with van der Waals surface area (Å²) in [4.78, 5) is 45.3. The molecule has 0 radical (unpaired) electrons. The molecule has 3 amide bonds. The number of anilines is 2. The first-order chi connectivity index (χ1) is 18.2. The molecule has 2 bridgehead atoms. The maximum Gasteiger partial charge on any atom is 0.250 e. The Balaban J connectivity index is 1.74. The first-order valence-electron chi connectivity index (χ1n) is 14.2. The second kappa shape index (κ2) is 10.8. The van der Waals surface area contributed by atoms with E-state index in [-0.39, 0.29) is 30.2 Å². The van der Waals surface area contributed by atoms with E-state index in [0.29, 0.717) is 24.9 Å². The molecule has 210 valence electrons. The molecule has 4 rings (SSSR count). The number of benzene rings is 1. The van der Waals surface area contributed by atoms with Crippen LogP contribution in [0.15, 0.2) is 24.3 Å². The van der Waals surface area contributed by atoms with Crippen molar-refractivity contribution in [3.63, 3.8) is 0 Å². The molecular formula is C29H44N4O5. The van der Waals surface area contributed by atoms with Gasteiger partial charge in [-0.15, -0.1) is 0 Å². The minimum absolute atomic E-state index is 0.0429. The first kappa shape index (κ1) is 28.4. The number of hydrogen-bond donors (Lipinski definition) is 3. The lowest BCUT2D eigenvalue weighted by atomic mass is 9.65. The topological polar surface area (TPSA) is 111 Å². The smallest absolute Gasteiger partial charge is 0.250 e. The van der Waals surface area contributed by atoms with E-state index in [1.807, 2.05) is 45.0 Å². The van der Waals surface area contributed by atoms with Crippen LogP contribution in [-0.4, -0.2) is 77.8 Å². The van der Waals surface area contributed by atoms with E-state index in [1.165, 1.54) is 0 Å². The normalized spacial score (nSPS) is 31.2. The summed E-state index contributed by atoms with van der Waals surface area (Å²) in [5.41, 5.74) is -0.196. The molecule has 3 aliphatic rings. The first-order valence-corrected chi connectivity index (χ1v) is 14.2. The van der Waals surface area contributed by atoms with Gasteiger partial charge in [-0.05, 0) is 63.3 Å². The van der Waals surface area contributed by atoms with E-state index < -0.39 is 35.1 Å². The second-order valence-corrected chi connectivity index (χ2v) is 11.0. The summed E-state index contributed by atoms with van der Waals surface area (Å²) in [7, 11) is 1.57. The van der Waals surface area contributed by atoms with Gasteiger partial charge in [-0.2, -0.15) is 0 Å². The molecule has 1 spiro atoms. The highest BCUT2D eigenvalue weighted by Gasteiger charge is 2.79. The van der Waals surface area contributed by atoms with Crippen LogP contribution < -0.4 is 15.5 Å². The van der Waals surface area contributed by atoms with Crippen molar-refractivity contribution in [2.45, 2.75) is 83.6 Å². The molecule has 3 saturated heterocycles. The van der Waals surface area contributed by atoms with Crippen LogP contribution in [0.4, 0.5) is 11.4 Å². The van der Waals surface area contributed by atoms with Crippen molar-refractivity contribution in [3.05, 3.63) is 24.3 Å². The quantitative estimate of drug-likeness (QED) is 0.407. The van der Waals surface area contributed by atoms with Crippen molar-refractivity contribution in [2.75, 3.05) is 37.0 Å². The molecule has 1 aromatic rings. The summed E-state index contributed by atoms with van der Waals surface area (Å²) < 4.78 is 6.74. The zero-order valence-electron chi connectivity index (χ0n) is 23.6. The van der Waals surface area contributed by atoms with Gasteiger partial charge >= 0.3 is 0 Å². The van der Waals surface area contributed by atoms with Crippen LogP contribution in [0.25, 0.3) is 0 Å². The third-order valence-corrected chi connectivity index (χ3v) is 9.50. The molecule has 0 aromatic heterocycles. The van der Waals surface area contributed by atoms with Crippen LogP contribution in [0.2, 0.25) is 0 Å². The van der Waals surface area contributed by atoms with Crippen molar-refractivity contribution in [3.8, 4) is 0 Å². The van der Waals surface area contributed by atoms with Gasteiger partial charge in [0, 0.05) is 31.5 Å². The summed E-state index contributed by atoms with van der Waals surface area (Å²) in [6.45, 7) is 11.6. The van der Waals surface area contributed by atoms with E-state index in [9.17, 15) is 19.5 Å². The fraction of sp³-hybridized carbons (Fsp3) is 0.690. The second-order valence-electron chi connectivity index (χ2n) is 11.0. The molecule has 1 aromatic carbocycles. The Morgan fingerprint density at radius 3 is 2.32 bits per heavy atom. The maximum atomic E-state index is 14.2. The monoisotopic (exact) mass is 528 g/mol. The highest BCUT2D eigenvalue weighted by atomic mass is 16.5. The molecule has 3 fully saturated rings. The van der Waals surface area contributed by atoms with Crippen molar-refractivity contribution in [1.29, 1.82) is 0 Å². The largest absolute Gasteiger partial charge is 0.394 e. The Morgan fingerprint density at radius 2 is 1.79 bits per heavy atom. The van der Waals surface area contributed by atoms with E-state index in [2.05, 4.69) is 29.4 Å². The summed E-state index contributed by atoms with van der Waals surface area (Å²) >= 11 is 0. The lowest BCUT2D eigenvalue weighted by Crippen LogP contribution is -2.57. The van der Waals surface area contributed by atoms with E-state index in [4.69, 9.17) is 4.74 Å². The number of aliphatic hydroxyl groups excluding tert-OH is 1. The number of carbonyl (C=O) groups is 3. The Labute approximate surface area is 226 Å². The van der Waals surface area contributed by atoms with E-state index in [1.54, 1.807) is 11.9 Å². The average Bonchev–Trinajstić information content (AvgIpc) is 3.54. The number of aliphatic hydroxyl groups is 1. The molecule has 0 saturated carbocycles. The van der Waals surface area contributed by atoms with Gasteiger partial charge in [0.2, 0.25) is 17.7 Å². The van der Waals surface area contributed by atoms with Crippen LogP contribution in [0.3, 0.4) is 0 Å². The number of rotatable bonds is 11. The zero-order chi connectivity index (χ0) is 27.8. The van der Waals surface area contributed by atoms with Crippen LogP contribution in [0.5, 0.6) is 0 Å². The van der Waals surface area contributed by atoms with Gasteiger partial charge in [-0.1, -0.05) is 27.2 Å². The molecule has 0 aliphatic carbocycles. The number of carbonyl (C=O) groups excluding carboxylic acids is 3. The Hall–Kier alpha value is -2.65. The van der Waals surface area contributed by atoms with Gasteiger partial charge in [0.05, 0.1) is 30.1 Å². The van der Waals surface area contributed by atoms with Crippen LogP contribution in [0, 0.1) is 17.8 Å². The summed E-state index contributed by atoms with van der Waals surface area (Å²) in [6.07, 6.45) is 2.42. The molecule has 7 atom stereocenters. The Kier molecular flexibility index (Phi) is 8.09. The lowest BCUT2D eigenvalue weighted by Gasteiger charge is -2.39. The van der Waals surface area contributed by atoms with Crippen molar-refractivity contribution < 1.29 is 24.2 Å². The summed E-state index contributed by atoms with van der Waals surface area (Å²) in [5.74, 6) is -2.34. The third kappa shape index (κ3) is 4.18. The van der Waals surface area contributed by atoms with Crippen LogP contribution in [-0.2, 0) is 19.1 Å². The number of nitrogens with zero attached hydrogens (tertiary/aromatic N) is 2. The fourth-order valence-electron chi connectivity index (χ4n) is 7.24. The molecule has 9 heteroatoms. The van der Waals surface area contributed by atoms with Gasteiger partial charge in [0.25, 0.3) is 0 Å². The number of likely N-dealkylation sites (tertiary alicyclic amines) is 1.